The monoisotopic (exact) mass is 450 g/mol. The van der Waals surface area contributed by atoms with Gasteiger partial charge in [0.05, 0.1) is 13.7 Å². The molecule has 0 aliphatic carbocycles. The van der Waals surface area contributed by atoms with Crippen molar-refractivity contribution in [1.82, 2.24) is 10.2 Å². The van der Waals surface area contributed by atoms with Gasteiger partial charge in [-0.3, -0.25) is 4.99 Å². The molecule has 178 valence electrons. The number of amidine groups is 1. The van der Waals surface area contributed by atoms with Gasteiger partial charge < -0.3 is 25.0 Å². The number of hydrogen-bond donors (Lipinski definition) is 2. The highest BCUT2D eigenvalue weighted by Crippen LogP contribution is 2.38. The molecule has 3 rings (SSSR count). The number of aryl methyl sites for hydroxylation is 3. The number of fused-ring (bicyclic) bond motifs is 1. The van der Waals surface area contributed by atoms with Gasteiger partial charge in [0.1, 0.15) is 5.84 Å². The summed E-state index contributed by atoms with van der Waals surface area (Å²) in [6, 6.07) is 8.63. The lowest BCUT2D eigenvalue weighted by atomic mass is 9.95. The largest absolute Gasteiger partial charge is 0.493 e. The van der Waals surface area contributed by atoms with Gasteiger partial charge in [0.15, 0.2) is 11.5 Å². The van der Waals surface area contributed by atoms with Crippen LogP contribution in [-0.2, 0) is 6.42 Å². The molecule has 0 bridgehead atoms. The van der Waals surface area contributed by atoms with E-state index >= 15 is 0 Å². The summed E-state index contributed by atoms with van der Waals surface area (Å²) in [5.41, 5.74) is 8.38. The third-order valence-corrected chi connectivity index (χ3v) is 6.03. The van der Waals surface area contributed by atoms with Crippen LogP contribution in [0.15, 0.2) is 35.3 Å². The van der Waals surface area contributed by atoms with Gasteiger partial charge in [-0.1, -0.05) is 17.7 Å². The molecule has 1 aliphatic rings. The first-order valence-corrected chi connectivity index (χ1v) is 11.7. The maximum atomic E-state index is 5.83. The van der Waals surface area contributed by atoms with E-state index in [4.69, 9.17) is 9.47 Å². The summed E-state index contributed by atoms with van der Waals surface area (Å²) in [5, 5.41) is 6.86. The summed E-state index contributed by atoms with van der Waals surface area (Å²) in [7, 11) is 5.51. The van der Waals surface area contributed by atoms with Crippen LogP contribution in [0.3, 0.4) is 0 Å². The Morgan fingerprint density at radius 2 is 1.85 bits per heavy atom. The number of anilines is 1. The van der Waals surface area contributed by atoms with E-state index in [1.165, 1.54) is 22.3 Å². The predicted octanol–water partition coefficient (Wildman–Crippen LogP) is 4.58. The molecule has 1 heterocycles. The molecule has 0 saturated heterocycles. The molecule has 2 N–H and O–H groups in total. The molecule has 1 aliphatic heterocycles. The molecule has 6 heteroatoms. The van der Waals surface area contributed by atoms with E-state index < -0.39 is 0 Å². The molecular formula is C27H38N4O2. The van der Waals surface area contributed by atoms with E-state index in [9.17, 15) is 0 Å². The number of nitrogens with one attached hydrogen (secondary N) is 2. The third-order valence-electron chi connectivity index (χ3n) is 6.03. The molecule has 2 aromatic rings. The fourth-order valence-corrected chi connectivity index (χ4v) is 4.46. The Morgan fingerprint density at radius 1 is 1.12 bits per heavy atom. The van der Waals surface area contributed by atoms with Crippen LogP contribution in [0.1, 0.15) is 34.7 Å². The summed E-state index contributed by atoms with van der Waals surface area (Å²) >= 11 is 0. The number of hydrogen-bond acceptors (Lipinski definition) is 5. The first kappa shape index (κ1) is 24.6. The Morgan fingerprint density at radius 3 is 2.45 bits per heavy atom. The van der Waals surface area contributed by atoms with Crippen molar-refractivity contribution in [3.05, 3.63) is 58.2 Å². The Kier molecular flexibility index (Phi) is 8.39. The molecule has 0 fully saturated rings. The number of ether oxygens (including phenoxy) is 2. The average Bonchev–Trinajstić information content (AvgIpc) is 2.79. The van der Waals surface area contributed by atoms with Crippen LogP contribution in [-0.4, -0.2) is 58.2 Å². The van der Waals surface area contributed by atoms with Crippen LogP contribution >= 0.6 is 0 Å². The van der Waals surface area contributed by atoms with Gasteiger partial charge in [-0.05, 0) is 70.0 Å². The van der Waals surface area contributed by atoms with Crippen LogP contribution in [0, 0.1) is 20.8 Å². The summed E-state index contributed by atoms with van der Waals surface area (Å²) in [5.74, 6) is 2.38. The molecule has 0 radical (unpaired) electrons. The molecule has 0 aromatic heterocycles. The fourth-order valence-electron chi connectivity index (χ4n) is 4.46. The number of nitrogens with zero attached hydrogens (tertiary/aromatic N) is 2. The highest BCUT2D eigenvalue weighted by atomic mass is 16.5. The number of rotatable bonds is 8. The standard InChI is InChI=1S/C27H38N4O2/c1-8-33-25-15-21-9-11-31(12-10-28-5)23(22(21)16-24(25)32-7)17-26(29-6)30-27-19(3)13-18(2)14-20(27)4/h13-17,28H,8-12H2,1-7H3,(H,29,30)/b23-17-. The zero-order chi connectivity index (χ0) is 24.0. The van der Waals surface area contributed by atoms with E-state index in [1.54, 1.807) is 7.11 Å². The molecule has 33 heavy (non-hydrogen) atoms. The first-order valence-electron chi connectivity index (χ1n) is 11.7. The second-order valence-electron chi connectivity index (χ2n) is 8.47. The van der Waals surface area contributed by atoms with E-state index in [0.717, 1.165) is 60.3 Å². The van der Waals surface area contributed by atoms with Gasteiger partial charge in [0.2, 0.25) is 0 Å². The number of benzene rings is 2. The minimum Gasteiger partial charge on any atom is -0.493 e. The number of aliphatic imine (C=N–C) groups is 1. The SMILES string of the molecule is CCOc1cc2c(cc1OC)/C(=C/C(=NC)Nc1c(C)cc(C)cc1C)N(CCNC)CC2. The van der Waals surface area contributed by atoms with Crippen molar-refractivity contribution < 1.29 is 9.47 Å². The van der Waals surface area contributed by atoms with Crippen molar-refractivity contribution in [2.45, 2.75) is 34.1 Å². The van der Waals surface area contributed by atoms with E-state index in [2.05, 4.69) is 71.6 Å². The van der Waals surface area contributed by atoms with E-state index in [0.29, 0.717) is 6.61 Å². The van der Waals surface area contributed by atoms with Crippen LogP contribution in [0.2, 0.25) is 0 Å². The molecule has 2 aromatic carbocycles. The second kappa shape index (κ2) is 11.2. The Labute approximate surface area is 198 Å². The molecule has 0 spiro atoms. The molecular weight excluding hydrogens is 412 g/mol. The molecule has 0 saturated carbocycles. The minimum atomic E-state index is 0.609. The van der Waals surface area contributed by atoms with Crippen LogP contribution in [0.25, 0.3) is 5.70 Å². The Balaban J connectivity index is 2.06. The summed E-state index contributed by atoms with van der Waals surface area (Å²) in [6.45, 7) is 11.8. The average molecular weight is 451 g/mol. The molecule has 0 amide bonds. The lowest BCUT2D eigenvalue weighted by molar-refractivity contribution is 0.309. The Bertz CT molecular complexity index is 1020. The maximum Gasteiger partial charge on any atom is 0.161 e. The smallest absolute Gasteiger partial charge is 0.161 e. The van der Waals surface area contributed by atoms with Crippen molar-refractivity contribution >= 4 is 17.2 Å². The zero-order valence-electron chi connectivity index (χ0n) is 21.1. The number of methoxy groups -OCH3 is 1. The molecule has 6 nitrogen and oxygen atoms in total. The lowest BCUT2D eigenvalue weighted by Crippen LogP contribution is -2.35. The quantitative estimate of drug-likeness (QED) is 0.455. The lowest BCUT2D eigenvalue weighted by Gasteiger charge is -2.34. The summed E-state index contributed by atoms with van der Waals surface area (Å²) in [6.07, 6.45) is 3.12. The van der Waals surface area contributed by atoms with Crippen LogP contribution in [0.5, 0.6) is 11.5 Å². The fraction of sp³-hybridized carbons (Fsp3) is 0.444. The van der Waals surface area contributed by atoms with Crippen molar-refractivity contribution in [2.75, 3.05) is 52.8 Å². The predicted molar refractivity (Wildman–Crippen MR) is 139 cm³/mol. The minimum absolute atomic E-state index is 0.609. The van der Waals surface area contributed by atoms with Gasteiger partial charge in [-0.25, -0.2) is 0 Å². The Hall–Kier alpha value is -2.99. The summed E-state index contributed by atoms with van der Waals surface area (Å²) in [4.78, 5) is 7.01. The second-order valence-corrected chi connectivity index (χ2v) is 8.47. The first-order chi connectivity index (χ1) is 15.9. The van der Waals surface area contributed by atoms with E-state index in [-0.39, 0.29) is 0 Å². The van der Waals surface area contributed by atoms with Crippen molar-refractivity contribution in [3.8, 4) is 11.5 Å². The van der Waals surface area contributed by atoms with Gasteiger partial charge in [-0.2, -0.15) is 0 Å². The van der Waals surface area contributed by atoms with Gasteiger partial charge in [-0.15, -0.1) is 0 Å². The maximum absolute atomic E-state index is 5.83. The van der Waals surface area contributed by atoms with Crippen molar-refractivity contribution in [3.63, 3.8) is 0 Å². The highest BCUT2D eigenvalue weighted by molar-refractivity contribution is 6.08. The normalized spacial score (nSPS) is 14.9. The highest BCUT2D eigenvalue weighted by Gasteiger charge is 2.24. The van der Waals surface area contributed by atoms with Gasteiger partial charge in [0, 0.05) is 49.7 Å². The van der Waals surface area contributed by atoms with Crippen molar-refractivity contribution in [1.29, 1.82) is 0 Å². The van der Waals surface area contributed by atoms with Crippen LogP contribution < -0.4 is 20.1 Å². The van der Waals surface area contributed by atoms with Gasteiger partial charge in [0.25, 0.3) is 0 Å². The van der Waals surface area contributed by atoms with E-state index in [1.807, 2.05) is 21.0 Å². The van der Waals surface area contributed by atoms with Gasteiger partial charge >= 0.3 is 0 Å². The van der Waals surface area contributed by atoms with Crippen molar-refractivity contribution in [2.24, 2.45) is 4.99 Å². The third kappa shape index (κ3) is 5.69. The number of likely N-dealkylation sites (N-methyl/N-ethyl adjacent to an activating group) is 1. The summed E-state index contributed by atoms with van der Waals surface area (Å²) < 4.78 is 11.5. The van der Waals surface area contributed by atoms with Crippen LogP contribution in [0.4, 0.5) is 5.69 Å². The zero-order valence-corrected chi connectivity index (χ0v) is 21.1. The topological polar surface area (TPSA) is 58.1 Å². The molecule has 0 atom stereocenters. The molecule has 0 unspecified atom stereocenters.